The number of thiocarbonyl (C=S) groups is 1. The summed E-state index contributed by atoms with van der Waals surface area (Å²) in [6.07, 6.45) is 0. The molecular weight excluding hydrogens is 340 g/mol. The number of nitriles is 1. The molecule has 1 heterocycles. The van der Waals surface area contributed by atoms with Crippen LogP contribution in [-0.4, -0.2) is 16.7 Å². The number of nitrogens with two attached hydrogens (primary N) is 2. The van der Waals surface area contributed by atoms with Crippen LogP contribution in [0.3, 0.4) is 0 Å². The molecule has 0 saturated carbocycles. The smallest absolute Gasteiger partial charge is 0.232 e. The Morgan fingerprint density at radius 3 is 2.75 bits per heavy atom. The zero-order valence-corrected chi connectivity index (χ0v) is 12.5. The lowest BCUT2D eigenvalue weighted by Crippen LogP contribution is -2.36. The van der Waals surface area contributed by atoms with Gasteiger partial charge in [-0.1, -0.05) is 40.3 Å². The minimum atomic E-state index is -0.929. The van der Waals surface area contributed by atoms with E-state index in [0.717, 1.165) is 4.47 Å². The van der Waals surface area contributed by atoms with Gasteiger partial charge in [0.2, 0.25) is 5.91 Å². The molecule has 1 aromatic rings. The van der Waals surface area contributed by atoms with Gasteiger partial charge in [-0.2, -0.15) is 5.26 Å². The highest BCUT2D eigenvalue weighted by atomic mass is 79.9. The second-order valence-electron chi connectivity index (χ2n) is 4.08. The molecule has 1 aromatic carbocycles. The predicted molar refractivity (Wildman–Crippen MR) is 83.6 cm³/mol. The summed E-state index contributed by atoms with van der Waals surface area (Å²) in [5.41, 5.74) is 12.3. The molecule has 0 bridgehead atoms. The van der Waals surface area contributed by atoms with Gasteiger partial charge in [0, 0.05) is 10.0 Å². The number of primary amides is 1. The molecule has 0 fully saturated rings. The second-order valence-corrected chi connectivity index (χ2v) is 5.42. The molecule has 0 saturated heterocycles. The Morgan fingerprint density at radius 2 is 2.20 bits per heavy atom. The first kappa shape index (κ1) is 14.4. The second kappa shape index (κ2) is 5.53. The maximum absolute atomic E-state index is 11.7. The fraction of sp³-hybridized carbons (Fsp3) is 0.0769. The Balaban J connectivity index is 2.75. The molecule has 1 unspecified atom stereocenters. The van der Waals surface area contributed by atoms with E-state index in [1.54, 1.807) is 18.2 Å². The Kier molecular flexibility index (Phi) is 3.97. The summed E-state index contributed by atoms with van der Waals surface area (Å²) in [6.45, 7) is 0. The van der Waals surface area contributed by atoms with E-state index in [1.807, 2.05) is 12.1 Å². The van der Waals surface area contributed by atoms with Gasteiger partial charge >= 0.3 is 0 Å². The number of halogens is 1. The molecule has 2 rings (SSSR count). The van der Waals surface area contributed by atoms with Crippen LogP contribution in [0.2, 0.25) is 0 Å². The summed E-state index contributed by atoms with van der Waals surface area (Å²) >= 11 is 8.41. The van der Waals surface area contributed by atoms with Crippen molar-refractivity contribution in [1.29, 1.82) is 5.26 Å². The lowest BCUT2D eigenvalue weighted by atomic mass is 9.85. The van der Waals surface area contributed by atoms with Crippen molar-refractivity contribution in [3.05, 3.63) is 39.9 Å². The minimum absolute atomic E-state index is 0.00461. The number of carbonyl (C=O) groups excluding carboxylic acids is 1. The van der Waals surface area contributed by atoms with Gasteiger partial charge in [-0.15, -0.1) is 0 Å². The Bertz CT molecular complexity index is 717. The quantitative estimate of drug-likeness (QED) is 0.790. The average molecular weight is 349 g/mol. The maximum atomic E-state index is 11.7. The van der Waals surface area contributed by atoms with Crippen LogP contribution in [0.5, 0.6) is 0 Å². The van der Waals surface area contributed by atoms with Crippen LogP contribution < -0.4 is 11.5 Å². The van der Waals surface area contributed by atoms with E-state index in [9.17, 15) is 10.1 Å². The zero-order valence-electron chi connectivity index (χ0n) is 10.1. The molecule has 4 N–H and O–H groups in total. The van der Waals surface area contributed by atoms with Crippen molar-refractivity contribution < 1.29 is 4.79 Å². The lowest BCUT2D eigenvalue weighted by molar-refractivity contribution is -0.118. The van der Waals surface area contributed by atoms with Gasteiger partial charge < -0.3 is 11.5 Å². The average Bonchev–Trinajstić information content (AvgIpc) is 2.37. The number of amidine groups is 1. The third-order valence-electron chi connectivity index (χ3n) is 2.82. The number of carbonyl (C=O) groups is 1. The standard InChI is InChI=1S/C13H9BrN4OS/c14-7-3-1-2-6(4-7)9-8(5-15)11(16)18-13(20)10(9)12(17)19/h1-4,10H,(H2,17,19)(H2,16,18,20). The number of hydrogen-bond acceptors (Lipinski definition) is 4. The van der Waals surface area contributed by atoms with Crippen molar-refractivity contribution in [3.8, 4) is 6.07 Å². The third kappa shape index (κ3) is 2.48. The topological polar surface area (TPSA) is 105 Å². The van der Waals surface area contributed by atoms with E-state index < -0.39 is 11.8 Å². The maximum Gasteiger partial charge on any atom is 0.232 e. The van der Waals surface area contributed by atoms with Crippen LogP contribution in [-0.2, 0) is 4.79 Å². The number of dihydropyridines is 1. The van der Waals surface area contributed by atoms with Crippen molar-refractivity contribution >= 4 is 50.5 Å². The van der Waals surface area contributed by atoms with Gasteiger partial charge in [0.25, 0.3) is 0 Å². The summed E-state index contributed by atoms with van der Waals surface area (Å²) in [4.78, 5) is 15.6. The van der Waals surface area contributed by atoms with E-state index in [0.29, 0.717) is 11.1 Å². The predicted octanol–water partition coefficient (Wildman–Crippen LogP) is 1.53. The summed E-state index contributed by atoms with van der Waals surface area (Å²) in [5, 5.41) is 9.27. The summed E-state index contributed by atoms with van der Waals surface area (Å²) in [5.74, 6) is -1.58. The Labute approximate surface area is 129 Å². The van der Waals surface area contributed by atoms with Crippen LogP contribution in [0, 0.1) is 17.2 Å². The van der Waals surface area contributed by atoms with Crippen molar-refractivity contribution in [2.24, 2.45) is 22.4 Å². The SMILES string of the molecule is N#CC1=C(c2cccc(Br)c2)C(C(N)=O)C(=S)N=C1N. The van der Waals surface area contributed by atoms with Crippen LogP contribution in [0.4, 0.5) is 0 Å². The lowest BCUT2D eigenvalue weighted by Gasteiger charge is -2.22. The zero-order chi connectivity index (χ0) is 14.9. The number of nitrogens with zero attached hydrogens (tertiary/aromatic N) is 2. The number of hydrogen-bond donors (Lipinski definition) is 2. The van der Waals surface area contributed by atoms with Gasteiger partial charge in [0.15, 0.2) is 0 Å². The Morgan fingerprint density at radius 1 is 1.50 bits per heavy atom. The van der Waals surface area contributed by atoms with Crippen molar-refractivity contribution in [2.45, 2.75) is 0 Å². The molecule has 1 atom stereocenters. The van der Waals surface area contributed by atoms with Crippen LogP contribution in [0.15, 0.2) is 39.3 Å². The summed E-state index contributed by atoms with van der Waals surface area (Å²) < 4.78 is 0.801. The highest BCUT2D eigenvalue weighted by Gasteiger charge is 2.34. The van der Waals surface area contributed by atoms with Gasteiger partial charge in [-0.25, -0.2) is 4.99 Å². The molecule has 0 spiro atoms. The molecule has 1 amide bonds. The van der Waals surface area contributed by atoms with Gasteiger partial charge in [0.05, 0.1) is 5.57 Å². The number of aliphatic imine (C=N–C) groups is 1. The molecule has 7 heteroatoms. The van der Waals surface area contributed by atoms with Crippen molar-refractivity contribution in [1.82, 2.24) is 0 Å². The van der Waals surface area contributed by atoms with Gasteiger partial charge in [-0.3, -0.25) is 4.79 Å². The summed E-state index contributed by atoms with van der Waals surface area (Å²) in [7, 11) is 0. The Hall–Kier alpha value is -2.04. The number of benzene rings is 1. The largest absolute Gasteiger partial charge is 0.383 e. The normalized spacial score (nSPS) is 18.5. The molecule has 5 nitrogen and oxygen atoms in total. The van der Waals surface area contributed by atoms with Crippen LogP contribution in [0.25, 0.3) is 5.57 Å². The van der Waals surface area contributed by atoms with E-state index in [4.69, 9.17) is 23.7 Å². The fourth-order valence-corrected chi connectivity index (χ4v) is 2.73. The van der Waals surface area contributed by atoms with Crippen molar-refractivity contribution in [3.63, 3.8) is 0 Å². The first-order chi connectivity index (χ1) is 9.45. The molecular formula is C13H9BrN4OS. The first-order valence-corrected chi connectivity index (χ1v) is 6.73. The third-order valence-corrected chi connectivity index (χ3v) is 3.64. The van der Waals surface area contributed by atoms with Crippen LogP contribution >= 0.6 is 28.1 Å². The van der Waals surface area contributed by atoms with E-state index in [-0.39, 0.29) is 16.4 Å². The highest BCUT2D eigenvalue weighted by molar-refractivity contribution is 9.10. The fourth-order valence-electron chi connectivity index (χ4n) is 1.99. The summed E-state index contributed by atoms with van der Waals surface area (Å²) in [6, 6.07) is 9.10. The molecule has 0 radical (unpaired) electrons. The number of rotatable bonds is 2. The van der Waals surface area contributed by atoms with E-state index in [1.165, 1.54) is 0 Å². The number of amides is 1. The molecule has 0 aromatic heterocycles. The highest BCUT2D eigenvalue weighted by Crippen LogP contribution is 2.33. The molecule has 1 aliphatic heterocycles. The molecule has 20 heavy (non-hydrogen) atoms. The minimum Gasteiger partial charge on any atom is -0.383 e. The van der Waals surface area contributed by atoms with Crippen LogP contribution in [0.1, 0.15) is 5.56 Å². The molecule has 100 valence electrons. The molecule has 0 aliphatic carbocycles. The van der Waals surface area contributed by atoms with Crippen molar-refractivity contribution in [2.75, 3.05) is 0 Å². The van der Waals surface area contributed by atoms with E-state index >= 15 is 0 Å². The first-order valence-electron chi connectivity index (χ1n) is 5.53. The van der Waals surface area contributed by atoms with Gasteiger partial charge in [0.1, 0.15) is 22.8 Å². The van der Waals surface area contributed by atoms with Gasteiger partial charge in [-0.05, 0) is 17.7 Å². The molecule has 1 aliphatic rings. The van der Waals surface area contributed by atoms with E-state index in [2.05, 4.69) is 20.9 Å². The monoisotopic (exact) mass is 348 g/mol.